The number of aromatic nitrogens is 2. The molecule has 154 valence electrons. The minimum absolute atomic E-state index is 0.168. The Morgan fingerprint density at radius 3 is 2.11 bits per heavy atom. The van der Waals surface area contributed by atoms with Gasteiger partial charge in [-0.05, 0) is 59.2 Å². The predicted molar refractivity (Wildman–Crippen MR) is 109 cm³/mol. The topological polar surface area (TPSA) is 74.6 Å². The Hall–Kier alpha value is -2.70. The van der Waals surface area contributed by atoms with Crippen LogP contribution in [0, 0.1) is 13.8 Å². The van der Waals surface area contributed by atoms with Gasteiger partial charge >= 0.3 is 0 Å². The van der Waals surface area contributed by atoms with Crippen molar-refractivity contribution in [1.29, 1.82) is 0 Å². The fraction of sp³-hybridized carbons (Fsp3) is 0.524. The molecule has 0 aliphatic carbocycles. The number of aryl methyl sites for hydroxylation is 3. The van der Waals surface area contributed by atoms with Crippen molar-refractivity contribution in [3.05, 3.63) is 35.2 Å². The van der Waals surface area contributed by atoms with Gasteiger partial charge in [0.2, 0.25) is 5.75 Å². The van der Waals surface area contributed by atoms with Crippen LogP contribution in [0.3, 0.4) is 0 Å². The number of hydrogen-bond donors (Lipinski definition) is 1. The van der Waals surface area contributed by atoms with Crippen molar-refractivity contribution >= 4 is 5.91 Å². The van der Waals surface area contributed by atoms with Gasteiger partial charge in [0.1, 0.15) is 0 Å². The third-order valence-electron chi connectivity index (χ3n) is 4.11. The Morgan fingerprint density at radius 1 is 1.00 bits per heavy atom. The average Bonchev–Trinajstić information content (AvgIpc) is 2.98. The summed E-state index contributed by atoms with van der Waals surface area (Å²) in [5, 5.41) is 7.39. The van der Waals surface area contributed by atoms with Crippen LogP contribution in [0.2, 0.25) is 0 Å². The highest BCUT2D eigenvalue weighted by Crippen LogP contribution is 2.39. The molecular weight excluding hydrogens is 358 g/mol. The SMILES string of the molecule is CCOc1cc(C(=O)NCCCn2nc(C)cc2C)cc(OCC)c1OCC. The van der Waals surface area contributed by atoms with E-state index in [1.807, 2.05) is 45.4 Å². The molecule has 7 heteroatoms. The van der Waals surface area contributed by atoms with E-state index in [0.717, 1.165) is 24.4 Å². The number of carbonyl (C=O) groups excluding carboxylic acids is 1. The lowest BCUT2D eigenvalue weighted by Gasteiger charge is -2.17. The van der Waals surface area contributed by atoms with Crippen molar-refractivity contribution in [2.75, 3.05) is 26.4 Å². The average molecular weight is 389 g/mol. The van der Waals surface area contributed by atoms with Crippen molar-refractivity contribution < 1.29 is 19.0 Å². The number of nitrogens with zero attached hydrogens (tertiary/aromatic N) is 2. The second-order valence-electron chi connectivity index (χ2n) is 6.36. The van der Waals surface area contributed by atoms with E-state index in [2.05, 4.69) is 10.4 Å². The van der Waals surface area contributed by atoms with Crippen LogP contribution in [-0.4, -0.2) is 42.1 Å². The first-order valence-corrected chi connectivity index (χ1v) is 9.85. The van der Waals surface area contributed by atoms with E-state index < -0.39 is 0 Å². The minimum Gasteiger partial charge on any atom is -0.490 e. The molecule has 2 rings (SSSR count). The zero-order valence-electron chi connectivity index (χ0n) is 17.5. The van der Waals surface area contributed by atoms with E-state index >= 15 is 0 Å². The number of ether oxygens (including phenoxy) is 3. The largest absolute Gasteiger partial charge is 0.490 e. The van der Waals surface area contributed by atoms with Gasteiger partial charge in [-0.1, -0.05) is 0 Å². The van der Waals surface area contributed by atoms with E-state index in [-0.39, 0.29) is 5.91 Å². The van der Waals surface area contributed by atoms with Crippen LogP contribution in [0.25, 0.3) is 0 Å². The molecule has 0 radical (unpaired) electrons. The number of carbonyl (C=O) groups is 1. The van der Waals surface area contributed by atoms with Crippen LogP contribution < -0.4 is 19.5 Å². The summed E-state index contributed by atoms with van der Waals surface area (Å²) in [6.45, 7) is 12.4. The van der Waals surface area contributed by atoms with Crippen molar-refractivity contribution in [3.8, 4) is 17.2 Å². The van der Waals surface area contributed by atoms with Gasteiger partial charge in [-0.3, -0.25) is 9.48 Å². The van der Waals surface area contributed by atoms with Gasteiger partial charge in [0.05, 0.1) is 25.5 Å². The normalized spacial score (nSPS) is 10.6. The van der Waals surface area contributed by atoms with Gasteiger partial charge in [-0.25, -0.2) is 0 Å². The van der Waals surface area contributed by atoms with Crippen LogP contribution >= 0.6 is 0 Å². The van der Waals surface area contributed by atoms with Gasteiger partial charge in [0, 0.05) is 24.3 Å². The summed E-state index contributed by atoms with van der Waals surface area (Å²) in [4.78, 5) is 12.6. The summed E-state index contributed by atoms with van der Waals surface area (Å²) >= 11 is 0. The van der Waals surface area contributed by atoms with E-state index in [0.29, 0.717) is 49.2 Å². The molecule has 0 aliphatic rings. The zero-order chi connectivity index (χ0) is 20.5. The molecule has 0 unspecified atom stereocenters. The molecule has 0 saturated carbocycles. The predicted octanol–water partition coefficient (Wildman–Crippen LogP) is 3.52. The standard InChI is InChI=1S/C21H31N3O4/c1-6-26-18-13-17(14-19(27-7-2)20(18)28-8-3)21(25)22-10-9-11-24-16(5)12-15(4)23-24/h12-14H,6-11H2,1-5H3,(H,22,25). The van der Waals surface area contributed by atoms with Crippen molar-refractivity contribution in [3.63, 3.8) is 0 Å². The number of nitrogens with one attached hydrogen (secondary N) is 1. The summed E-state index contributed by atoms with van der Waals surface area (Å²) in [6.07, 6.45) is 0.793. The van der Waals surface area contributed by atoms with Crippen LogP contribution in [-0.2, 0) is 6.54 Å². The Morgan fingerprint density at radius 2 is 1.61 bits per heavy atom. The highest BCUT2D eigenvalue weighted by molar-refractivity contribution is 5.95. The second-order valence-corrected chi connectivity index (χ2v) is 6.36. The Balaban J connectivity index is 2.05. The number of amides is 1. The molecule has 0 spiro atoms. The quantitative estimate of drug-likeness (QED) is 0.595. The van der Waals surface area contributed by atoms with Gasteiger partial charge in [-0.15, -0.1) is 0 Å². The molecule has 1 N–H and O–H groups in total. The van der Waals surface area contributed by atoms with E-state index in [1.165, 1.54) is 0 Å². The lowest BCUT2D eigenvalue weighted by Crippen LogP contribution is -2.25. The molecule has 1 amide bonds. The van der Waals surface area contributed by atoms with Crippen LogP contribution in [0.5, 0.6) is 17.2 Å². The van der Waals surface area contributed by atoms with Crippen LogP contribution in [0.1, 0.15) is 48.9 Å². The molecular formula is C21H31N3O4. The first kappa shape index (κ1) is 21.6. The zero-order valence-corrected chi connectivity index (χ0v) is 17.5. The van der Waals surface area contributed by atoms with E-state index in [1.54, 1.807) is 12.1 Å². The lowest BCUT2D eigenvalue weighted by atomic mass is 10.1. The first-order chi connectivity index (χ1) is 13.5. The van der Waals surface area contributed by atoms with E-state index in [4.69, 9.17) is 14.2 Å². The third-order valence-corrected chi connectivity index (χ3v) is 4.11. The Labute approximate surface area is 167 Å². The van der Waals surface area contributed by atoms with Crippen LogP contribution in [0.15, 0.2) is 18.2 Å². The molecule has 2 aromatic rings. The molecule has 7 nitrogen and oxygen atoms in total. The maximum Gasteiger partial charge on any atom is 0.251 e. The number of benzene rings is 1. The smallest absolute Gasteiger partial charge is 0.251 e. The Kier molecular flexibility index (Phi) is 8.17. The fourth-order valence-electron chi connectivity index (χ4n) is 2.95. The van der Waals surface area contributed by atoms with Gasteiger partial charge in [-0.2, -0.15) is 5.10 Å². The number of hydrogen-bond acceptors (Lipinski definition) is 5. The highest BCUT2D eigenvalue weighted by Gasteiger charge is 2.18. The number of rotatable bonds is 11. The second kappa shape index (κ2) is 10.6. The lowest BCUT2D eigenvalue weighted by molar-refractivity contribution is 0.0951. The summed E-state index contributed by atoms with van der Waals surface area (Å²) in [5.41, 5.74) is 2.61. The van der Waals surface area contributed by atoms with Crippen molar-refractivity contribution in [2.24, 2.45) is 0 Å². The Bertz CT molecular complexity index is 759. The molecule has 0 aliphatic heterocycles. The first-order valence-electron chi connectivity index (χ1n) is 9.85. The molecule has 1 heterocycles. The molecule has 28 heavy (non-hydrogen) atoms. The molecule has 0 atom stereocenters. The van der Waals surface area contributed by atoms with Gasteiger partial charge < -0.3 is 19.5 Å². The monoisotopic (exact) mass is 389 g/mol. The third kappa shape index (κ3) is 5.65. The highest BCUT2D eigenvalue weighted by atomic mass is 16.5. The molecule has 1 aromatic carbocycles. The summed E-state index contributed by atoms with van der Waals surface area (Å²) in [7, 11) is 0. The fourth-order valence-corrected chi connectivity index (χ4v) is 2.95. The van der Waals surface area contributed by atoms with Crippen molar-refractivity contribution in [2.45, 2.75) is 47.6 Å². The summed E-state index contributed by atoms with van der Waals surface area (Å²) < 4.78 is 19.0. The molecule has 0 fully saturated rings. The minimum atomic E-state index is -0.168. The maximum absolute atomic E-state index is 12.6. The molecule has 0 saturated heterocycles. The summed E-state index contributed by atoms with van der Waals surface area (Å²) in [5.74, 6) is 1.40. The van der Waals surface area contributed by atoms with Gasteiger partial charge in [0.15, 0.2) is 11.5 Å². The van der Waals surface area contributed by atoms with Crippen LogP contribution in [0.4, 0.5) is 0 Å². The molecule has 1 aromatic heterocycles. The maximum atomic E-state index is 12.6. The van der Waals surface area contributed by atoms with E-state index in [9.17, 15) is 4.79 Å². The van der Waals surface area contributed by atoms with Crippen molar-refractivity contribution in [1.82, 2.24) is 15.1 Å². The molecule has 0 bridgehead atoms. The van der Waals surface area contributed by atoms with Gasteiger partial charge in [0.25, 0.3) is 5.91 Å². The summed E-state index contributed by atoms with van der Waals surface area (Å²) in [6, 6.07) is 5.45.